The molecule has 1 heterocycles. The number of benzene rings is 1. The second kappa shape index (κ2) is 6.04. The monoisotopic (exact) mass is 270 g/mol. The summed E-state index contributed by atoms with van der Waals surface area (Å²) >= 11 is 0. The molecule has 0 atom stereocenters. The first-order chi connectivity index (χ1) is 9.44. The zero-order valence-corrected chi connectivity index (χ0v) is 12.4. The smallest absolute Gasteiger partial charge is 0.220 e. The number of nitrogens with zero attached hydrogens (tertiary/aromatic N) is 1. The minimum atomic E-state index is 0.105. The number of para-hydroxylation sites is 1. The van der Waals surface area contributed by atoms with Gasteiger partial charge in [-0.15, -0.1) is 0 Å². The van der Waals surface area contributed by atoms with Crippen LogP contribution in [0, 0.1) is 5.41 Å². The molecule has 0 saturated heterocycles. The molecule has 0 aliphatic carbocycles. The van der Waals surface area contributed by atoms with Crippen LogP contribution < -0.4 is 5.32 Å². The molecule has 0 aliphatic heterocycles. The van der Waals surface area contributed by atoms with E-state index in [0.717, 1.165) is 22.9 Å². The van der Waals surface area contributed by atoms with Crippen LogP contribution >= 0.6 is 0 Å². The minimum Gasteiger partial charge on any atom is -0.352 e. The Morgan fingerprint density at radius 3 is 2.75 bits per heavy atom. The number of amides is 1. The van der Waals surface area contributed by atoms with E-state index < -0.39 is 0 Å². The number of rotatable bonds is 4. The summed E-state index contributed by atoms with van der Waals surface area (Å²) in [5, 5.41) is 4.06. The van der Waals surface area contributed by atoms with Gasteiger partial charge in [0.05, 0.1) is 5.52 Å². The van der Waals surface area contributed by atoms with E-state index in [-0.39, 0.29) is 11.3 Å². The Morgan fingerprint density at radius 2 is 2.00 bits per heavy atom. The molecule has 2 aromatic rings. The predicted molar refractivity (Wildman–Crippen MR) is 82.3 cm³/mol. The summed E-state index contributed by atoms with van der Waals surface area (Å²) in [5.74, 6) is 0.105. The van der Waals surface area contributed by atoms with E-state index in [0.29, 0.717) is 13.0 Å². The van der Waals surface area contributed by atoms with Crippen molar-refractivity contribution in [2.45, 2.75) is 40.2 Å². The quantitative estimate of drug-likeness (QED) is 0.921. The maximum Gasteiger partial charge on any atom is 0.220 e. The third-order valence-electron chi connectivity index (χ3n) is 3.24. The highest BCUT2D eigenvalue weighted by Gasteiger charge is 2.12. The SMILES string of the molecule is CC(C)(C)CCC(=O)NCc1cnc2ccccc2c1. The van der Waals surface area contributed by atoms with E-state index in [2.05, 4.69) is 37.1 Å². The summed E-state index contributed by atoms with van der Waals surface area (Å²) in [6.07, 6.45) is 3.30. The first kappa shape index (κ1) is 14.5. The van der Waals surface area contributed by atoms with Crippen LogP contribution in [-0.2, 0) is 11.3 Å². The van der Waals surface area contributed by atoms with Crippen molar-refractivity contribution in [2.24, 2.45) is 5.41 Å². The van der Waals surface area contributed by atoms with Gasteiger partial charge in [-0.2, -0.15) is 0 Å². The first-order valence-corrected chi connectivity index (χ1v) is 7.04. The number of aromatic nitrogens is 1. The lowest BCUT2D eigenvalue weighted by molar-refractivity contribution is -0.121. The molecule has 1 amide bonds. The highest BCUT2D eigenvalue weighted by atomic mass is 16.1. The Morgan fingerprint density at radius 1 is 1.25 bits per heavy atom. The van der Waals surface area contributed by atoms with Crippen molar-refractivity contribution in [1.82, 2.24) is 10.3 Å². The van der Waals surface area contributed by atoms with Crippen molar-refractivity contribution >= 4 is 16.8 Å². The van der Waals surface area contributed by atoms with Gasteiger partial charge in [0.15, 0.2) is 0 Å². The fourth-order valence-electron chi connectivity index (χ4n) is 1.99. The van der Waals surface area contributed by atoms with Gasteiger partial charge in [-0.05, 0) is 29.5 Å². The summed E-state index contributed by atoms with van der Waals surface area (Å²) < 4.78 is 0. The molecule has 0 fully saturated rings. The van der Waals surface area contributed by atoms with Crippen LogP contribution in [0.25, 0.3) is 10.9 Å². The Labute approximate surface area is 120 Å². The zero-order valence-electron chi connectivity index (χ0n) is 12.4. The van der Waals surface area contributed by atoms with Gasteiger partial charge < -0.3 is 5.32 Å². The first-order valence-electron chi connectivity index (χ1n) is 7.04. The van der Waals surface area contributed by atoms with Gasteiger partial charge in [-0.1, -0.05) is 39.0 Å². The number of carbonyl (C=O) groups excluding carboxylic acids is 1. The van der Waals surface area contributed by atoms with E-state index in [1.54, 1.807) is 0 Å². The molecule has 3 nitrogen and oxygen atoms in total. The Hall–Kier alpha value is -1.90. The summed E-state index contributed by atoms with van der Waals surface area (Å²) in [4.78, 5) is 16.2. The largest absolute Gasteiger partial charge is 0.352 e. The Balaban J connectivity index is 1.90. The van der Waals surface area contributed by atoms with Crippen LogP contribution in [0.2, 0.25) is 0 Å². The number of pyridine rings is 1. The molecule has 1 N–H and O–H groups in total. The van der Waals surface area contributed by atoms with Crippen LogP contribution in [0.5, 0.6) is 0 Å². The van der Waals surface area contributed by atoms with Gasteiger partial charge in [-0.3, -0.25) is 9.78 Å². The van der Waals surface area contributed by atoms with E-state index in [4.69, 9.17) is 0 Å². The van der Waals surface area contributed by atoms with Crippen LogP contribution in [0.3, 0.4) is 0 Å². The average Bonchev–Trinajstić information content (AvgIpc) is 2.42. The molecule has 0 saturated carbocycles. The maximum atomic E-state index is 11.8. The van der Waals surface area contributed by atoms with E-state index in [9.17, 15) is 4.79 Å². The third kappa shape index (κ3) is 4.34. The fraction of sp³-hybridized carbons (Fsp3) is 0.412. The number of hydrogen-bond acceptors (Lipinski definition) is 2. The van der Waals surface area contributed by atoms with Crippen molar-refractivity contribution in [2.75, 3.05) is 0 Å². The lowest BCUT2D eigenvalue weighted by atomic mass is 9.90. The van der Waals surface area contributed by atoms with Crippen LogP contribution in [0.15, 0.2) is 36.5 Å². The van der Waals surface area contributed by atoms with E-state index >= 15 is 0 Å². The van der Waals surface area contributed by atoms with Gasteiger partial charge in [0.25, 0.3) is 0 Å². The predicted octanol–water partition coefficient (Wildman–Crippen LogP) is 3.68. The summed E-state index contributed by atoms with van der Waals surface area (Å²) in [7, 11) is 0. The standard InChI is InChI=1S/C17H22N2O/c1-17(2,3)9-8-16(20)19-12-13-10-14-6-4-5-7-15(14)18-11-13/h4-7,10-11H,8-9,12H2,1-3H3,(H,19,20). The van der Waals surface area contributed by atoms with Crippen molar-refractivity contribution in [1.29, 1.82) is 0 Å². The van der Waals surface area contributed by atoms with E-state index in [1.807, 2.05) is 30.5 Å². The zero-order chi connectivity index (χ0) is 14.6. The van der Waals surface area contributed by atoms with Gasteiger partial charge in [-0.25, -0.2) is 0 Å². The van der Waals surface area contributed by atoms with Crippen LogP contribution in [0.4, 0.5) is 0 Å². The lowest BCUT2D eigenvalue weighted by Crippen LogP contribution is -2.24. The molecule has 2 rings (SSSR count). The van der Waals surface area contributed by atoms with Crippen molar-refractivity contribution in [3.8, 4) is 0 Å². The molecule has 0 aliphatic rings. The van der Waals surface area contributed by atoms with Crippen molar-refractivity contribution in [3.05, 3.63) is 42.1 Å². The lowest BCUT2D eigenvalue weighted by Gasteiger charge is -2.17. The second-order valence-corrected chi connectivity index (χ2v) is 6.37. The van der Waals surface area contributed by atoms with Crippen LogP contribution in [-0.4, -0.2) is 10.9 Å². The third-order valence-corrected chi connectivity index (χ3v) is 3.24. The number of hydrogen-bond donors (Lipinski definition) is 1. The van der Waals surface area contributed by atoms with E-state index in [1.165, 1.54) is 0 Å². The molecular weight excluding hydrogens is 248 g/mol. The second-order valence-electron chi connectivity index (χ2n) is 6.37. The van der Waals surface area contributed by atoms with Gasteiger partial charge >= 0.3 is 0 Å². The summed E-state index contributed by atoms with van der Waals surface area (Å²) in [6.45, 7) is 6.98. The Kier molecular flexibility index (Phi) is 4.38. The molecule has 3 heteroatoms. The molecule has 0 radical (unpaired) electrons. The minimum absolute atomic E-state index is 0.105. The van der Waals surface area contributed by atoms with Gasteiger partial charge in [0.2, 0.25) is 5.91 Å². The molecule has 1 aromatic carbocycles. The number of fused-ring (bicyclic) bond motifs is 1. The average molecular weight is 270 g/mol. The van der Waals surface area contributed by atoms with Crippen LogP contribution in [0.1, 0.15) is 39.2 Å². The van der Waals surface area contributed by atoms with Crippen molar-refractivity contribution < 1.29 is 4.79 Å². The van der Waals surface area contributed by atoms with Crippen molar-refractivity contribution in [3.63, 3.8) is 0 Å². The van der Waals surface area contributed by atoms with Gasteiger partial charge in [0, 0.05) is 24.5 Å². The maximum absolute atomic E-state index is 11.8. The molecular formula is C17H22N2O. The summed E-state index contributed by atoms with van der Waals surface area (Å²) in [5.41, 5.74) is 2.21. The molecule has 106 valence electrons. The highest BCUT2D eigenvalue weighted by Crippen LogP contribution is 2.20. The fourth-order valence-corrected chi connectivity index (χ4v) is 1.99. The molecule has 0 spiro atoms. The Bertz CT molecular complexity index is 599. The normalized spacial score (nSPS) is 11.6. The molecule has 0 unspecified atom stereocenters. The highest BCUT2D eigenvalue weighted by molar-refractivity contribution is 5.79. The molecule has 20 heavy (non-hydrogen) atoms. The number of nitrogens with one attached hydrogen (secondary N) is 1. The summed E-state index contributed by atoms with van der Waals surface area (Å²) in [6, 6.07) is 10.1. The molecule has 1 aromatic heterocycles. The number of carbonyl (C=O) groups is 1. The molecule has 0 bridgehead atoms. The van der Waals surface area contributed by atoms with Gasteiger partial charge in [0.1, 0.15) is 0 Å². The topological polar surface area (TPSA) is 42.0 Å².